The average Bonchev–Trinajstić information content (AvgIpc) is 2.31. The summed E-state index contributed by atoms with van der Waals surface area (Å²) in [6.45, 7) is 1.41. The topological polar surface area (TPSA) is 69.4 Å². The molecule has 1 unspecified atom stereocenters. The van der Waals surface area contributed by atoms with E-state index in [9.17, 15) is 14.9 Å². The number of nitro groups is 1. The highest BCUT2D eigenvalue weighted by molar-refractivity contribution is 6.42. The monoisotopic (exact) mass is 325 g/mol. The minimum Gasteiger partial charge on any atom is -0.468 e. The maximum absolute atomic E-state index is 11.5. The van der Waals surface area contributed by atoms with Crippen molar-refractivity contribution in [3.8, 4) is 0 Å². The van der Waals surface area contributed by atoms with Gasteiger partial charge in [-0.05, 0) is 13.0 Å². The number of halogens is 3. The van der Waals surface area contributed by atoms with Gasteiger partial charge in [0, 0.05) is 18.1 Å². The predicted molar refractivity (Wildman–Crippen MR) is 73.1 cm³/mol. The van der Waals surface area contributed by atoms with E-state index in [1.807, 2.05) is 0 Å². The number of methoxy groups -OCH3 is 1. The van der Waals surface area contributed by atoms with Gasteiger partial charge in [-0.1, -0.05) is 23.2 Å². The van der Waals surface area contributed by atoms with Crippen molar-refractivity contribution in [2.75, 3.05) is 7.11 Å². The van der Waals surface area contributed by atoms with Crippen LogP contribution in [-0.4, -0.2) is 22.9 Å². The molecule has 0 heterocycles. The number of carbonyl (C=O) groups is 1. The maximum atomic E-state index is 11.5. The van der Waals surface area contributed by atoms with E-state index >= 15 is 0 Å². The van der Waals surface area contributed by atoms with Crippen LogP contribution in [0.4, 0.5) is 5.69 Å². The third-order valence-electron chi connectivity index (χ3n) is 2.45. The molecule has 1 aromatic carbocycles. The molecule has 1 aromatic rings. The van der Waals surface area contributed by atoms with Crippen LogP contribution in [0, 0.1) is 10.1 Å². The molecule has 0 aliphatic heterocycles. The van der Waals surface area contributed by atoms with E-state index in [1.165, 1.54) is 20.1 Å². The second kappa shape index (κ2) is 5.94. The van der Waals surface area contributed by atoms with E-state index in [-0.39, 0.29) is 27.7 Å². The summed E-state index contributed by atoms with van der Waals surface area (Å²) in [5.74, 6) is -0.686. The number of hydrogen-bond acceptors (Lipinski definition) is 4. The number of rotatable bonds is 4. The number of alkyl halides is 1. The highest BCUT2D eigenvalue weighted by Crippen LogP contribution is 2.34. The first-order chi connectivity index (χ1) is 8.69. The molecule has 0 spiro atoms. The summed E-state index contributed by atoms with van der Waals surface area (Å²) in [4.78, 5) is 20.4. The largest absolute Gasteiger partial charge is 0.468 e. The fourth-order valence-corrected chi connectivity index (χ4v) is 2.10. The van der Waals surface area contributed by atoms with Gasteiger partial charge >= 0.3 is 5.97 Å². The zero-order chi connectivity index (χ0) is 14.8. The highest BCUT2D eigenvalue weighted by Gasteiger charge is 2.34. The van der Waals surface area contributed by atoms with Crippen LogP contribution in [0.2, 0.25) is 10.0 Å². The molecule has 104 valence electrons. The third kappa shape index (κ3) is 3.72. The molecule has 0 bridgehead atoms. The lowest BCUT2D eigenvalue weighted by molar-refractivity contribution is -0.385. The van der Waals surface area contributed by atoms with Crippen LogP contribution in [0.3, 0.4) is 0 Å². The molecule has 0 aliphatic rings. The van der Waals surface area contributed by atoms with E-state index in [1.54, 1.807) is 0 Å². The van der Waals surface area contributed by atoms with Crippen LogP contribution in [-0.2, 0) is 16.0 Å². The summed E-state index contributed by atoms with van der Waals surface area (Å²) in [5.41, 5.74) is -0.0347. The summed E-state index contributed by atoms with van der Waals surface area (Å²) < 4.78 is 4.54. The molecule has 0 aromatic heterocycles. The smallest absolute Gasteiger partial charge is 0.326 e. The zero-order valence-electron chi connectivity index (χ0n) is 10.1. The molecule has 1 rings (SSSR count). The summed E-state index contributed by atoms with van der Waals surface area (Å²) in [5, 5.41) is 11.2. The van der Waals surface area contributed by atoms with Crippen molar-refractivity contribution in [1.29, 1.82) is 0 Å². The van der Waals surface area contributed by atoms with Crippen molar-refractivity contribution >= 4 is 46.5 Å². The quantitative estimate of drug-likeness (QED) is 0.367. The fraction of sp³-hybridized carbons (Fsp3) is 0.364. The van der Waals surface area contributed by atoms with Crippen LogP contribution in [0.5, 0.6) is 0 Å². The molecule has 0 aliphatic carbocycles. The predicted octanol–water partition coefficient (Wildman–Crippen LogP) is 3.61. The van der Waals surface area contributed by atoms with Gasteiger partial charge in [0.2, 0.25) is 0 Å². The number of ether oxygens (including phenoxy) is 1. The lowest BCUT2D eigenvalue weighted by Gasteiger charge is -2.19. The van der Waals surface area contributed by atoms with Crippen LogP contribution < -0.4 is 0 Å². The van der Waals surface area contributed by atoms with E-state index in [0.717, 1.165) is 6.07 Å². The van der Waals surface area contributed by atoms with E-state index < -0.39 is 15.8 Å². The Morgan fingerprint density at radius 3 is 2.42 bits per heavy atom. The van der Waals surface area contributed by atoms with Gasteiger partial charge in [0.05, 0.1) is 22.1 Å². The van der Waals surface area contributed by atoms with Crippen LogP contribution in [0.25, 0.3) is 0 Å². The Bertz CT molecular complexity index is 531. The molecule has 19 heavy (non-hydrogen) atoms. The second-order valence-corrected chi connectivity index (χ2v) is 5.67. The fourth-order valence-electron chi connectivity index (χ4n) is 1.53. The first kappa shape index (κ1) is 16.0. The number of hydrogen-bond donors (Lipinski definition) is 0. The van der Waals surface area contributed by atoms with Gasteiger partial charge < -0.3 is 4.74 Å². The van der Waals surface area contributed by atoms with E-state index in [0.29, 0.717) is 0 Å². The minimum absolute atomic E-state index is 0.0615. The SMILES string of the molecule is COC(=O)C(C)(Cl)Cc1cc(Cl)c(Cl)cc1[N+](=O)[O-]. The summed E-state index contributed by atoms with van der Waals surface area (Å²) in [6, 6.07) is 2.45. The number of esters is 1. The number of carbonyl (C=O) groups excluding carboxylic acids is 1. The van der Waals surface area contributed by atoms with Gasteiger partial charge in [0.15, 0.2) is 0 Å². The van der Waals surface area contributed by atoms with Crippen molar-refractivity contribution in [2.45, 2.75) is 18.2 Å². The molecule has 0 N–H and O–H groups in total. The molecular weight excluding hydrogens is 316 g/mol. The Kier molecular flexibility index (Phi) is 5.01. The van der Waals surface area contributed by atoms with E-state index in [2.05, 4.69) is 4.74 Å². The zero-order valence-corrected chi connectivity index (χ0v) is 12.3. The lowest BCUT2D eigenvalue weighted by atomic mass is 9.99. The molecule has 0 saturated heterocycles. The summed E-state index contributed by atoms with van der Waals surface area (Å²) in [6.07, 6.45) is -0.103. The standard InChI is InChI=1S/C11H10Cl3NO4/c1-11(14,10(16)19-2)5-6-3-7(12)8(13)4-9(6)15(17)18/h3-4H,5H2,1-2H3. The van der Waals surface area contributed by atoms with Crippen LogP contribution in [0.1, 0.15) is 12.5 Å². The molecule has 8 heteroatoms. The van der Waals surface area contributed by atoms with Gasteiger partial charge in [-0.15, -0.1) is 11.6 Å². The molecule has 5 nitrogen and oxygen atoms in total. The van der Waals surface area contributed by atoms with Crippen molar-refractivity contribution in [3.63, 3.8) is 0 Å². The Labute approximate surface area is 124 Å². The van der Waals surface area contributed by atoms with Gasteiger partial charge in [-0.25, -0.2) is 0 Å². The third-order valence-corrected chi connectivity index (χ3v) is 3.46. The molecule has 1 atom stereocenters. The minimum atomic E-state index is -1.42. The normalized spacial score (nSPS) is 13.7. The van der Waals surface area contributed by atoms with Crippen molar-refractivity contribution in [1.82, 2.24) is 0 Å². The molecule has 0 radical (unpaired) electrons. The lowest BCUT2D eigenvalue weighted by Crippen LogP contribution is -2.32. The van der Waals surface area contributed by atoms with Gasteiger partial charge in [0.1, 0.15) is 4.87 Å². The first-order valence-electron chi connectivity index (χ1n) is 5.08. The van der Waals surface area contributed by atoms with Crippen molar-refractivity contribution in [3.05, 3.63) is 37.9 Å². The Morgan fingerprint density at radius 2 is 1.95 bits per heavy atom. The van der Waals surface area contributed by atoms with Crippen molar-refractivity contribution in [2.24, 2.45) is 0 Å². The Morgan fingerprint density at radius 1 is 1.42 bits per heavy atom. The number of nitro benzene ring substituents is 1. The highest BCUT2D eigenvalue weighted by atomic mass is 35.5. The second-order valence-electron chi connectivity index (χ2n) is 4.02. The summed E-state index contributed by atoms with van der Waals surface area (Å²) in [7, 11) is 1.19. The van der Waals surface area contributed by atoms with Gasteiger partial charge in [-0.3, -0.25) is 14.9 Å². The number of nitrogens with zero attached hydrogens (tertiary/aromatic N) is 1. The Balaban J connectivity index is 3.24. The Hall–Kier alpha value is -1.04. The van der Waals surface area contributed by atoms with Gasteiger partial charge in [-0.2, -0.15) is 0 Å². The first-order valence-corrected chi connectivity index (χ1v) is 6.22. The molecule has 0 saturated carbocycles. The van der Waals surface area contributed by atoms with Crippen LogP contribution in [0.15, 0.2) is 12.1 Å². The molecule has 0 fully saturated rings. The van der Waals surface area contributed by atoms with E-state index in [4.69, 9.17) is 34.8 Å². The van der Waals surface area contributed by atoms with Crippen molar-refractivity contribution < 1.29 is 14.5 Å². The number of benzene rings is 1. The van der Waals surface area contributed by atoms with Crippen LogP contribution >= 0.6 is 34.8 Å². The summed E-state index contributed by atoms with van der Waals surface area (Å²) >= 11 is 17.6. The molecular formula is C11H10Cl3NO4. The maximum Gasteiger partial charge on any atom is 0.326 e. The average molecular weight is 327 g/mol. The van der Waals surface area contributed by atoms with Gasteiger partial charge in [0.25, 0.3) is 5.69 Å². The molecule has 0 amide bonds.